The summed E-state index contributed by atoms with van der Waals surface area (Å²) >= 11 is 0. The first kappa shape index (κ1) is 18.9. The molecule has 11 nitrogen and oxygen atoms in total. The van der Waals surface area contributed by atoms with Crippen LogP contribution in [0.15, 0.2) is 0 Å². The Balaban J connectivity index is 2.13. The molecule has 2 aliphatic rings. The first-order chi connectivity index (χ1) is 10.7. The molecule has 9 atom stereocenters. The summed E-state index contributed by atoms with van der Waals surface area (Å²) in [6.07, 6.45) is -16.1. The lowest BCUT2D eigenvalue weighted by atomic mass is 9.84. The molecule has 0 bridgehead atoms. The maximum Gasteiger partial charge on any atom is 0.176 e. The molecule has 0 unspecified atom stereocenters. The maximum absolute atomic E-state index is 9.89. The molecule has 1 aliphatic heterocycles. The van der Waals surface area contributed by atoms with Crippen LogP contribution < -0.4 is 5.73 Å². The van der Waals surface area contributed by atoms with Crippen molar-refractivity contribution in [3.05, 3.63) is 0 Å². The Morgan fingerprint density at radius 1 is 0.739 bits per heavy atom. The second-order valence-electron chi connectivity index (χ2n) is 5.84. The number of hydrogen-bond donors (Lipinski definition) is 9. The van der Waals surface area contributed by atoms with Gasteiger partial charge in [-0.1, -0.05) is 0 Å². The molecular weight excluding hydrogens is 318 g/mol. The van der Waals surface area contributed by atoms with Crippen LogP contribution in [0.1, 0.15) is 0 Å². The second-order valence-corrected chi connectivity index (χ2v) is 5.84. The Labute approximate surface area is 131 Å². The van der Waals surface area contributed by atoms with Gasteiger partial charge < -0.3 is 56.1 Å². The molecule has 0 spiro atoms. The zero-order chi connectivity index (χ0) is 17.5. The van der Waals surface area contributed by atoms with E-state index in [9.17, 15) is 35.7 Å². The van der Waals surface area contributed by atoms with Crippen LogP contribution in [0.5, 0.6) is 0 Å². The van der Waals surface area contributed by atoms with E-state index in [0.717, 1.165) is 0 Å². The van der Waals surface area contributed by atoms with E-state index in [1.807, 2.05) is 0 Å². The average molecular weight is 341 g/mol. The van der Waals surface area contributed by atoms with Crippen molar-refractivity contribution in [1.29, 1.82) is 0 Å². The summed E-state index contributed by atoms with van der Waals surface area (Å²) < 4.78 is 10.4. The van der Waals surface area contributed by atoms with Crippen molar-refractivity contribution in [2.24, 2.45) is 5.73 Å². The zero-order valence-corrected chi connectivity index (χ0v) is 12.0. The minimum Gasteiger partial charge on any atom is -0.394 e. The quantitative estimate of drug-likeness (QED) is 0.236. The number of aliphatic hydroxyl groups is 8. The van der Waals surface area contributed by atoms with Crippen LogP contribution in [0.25, 0.3) is 0 Å². The van der Waals surface area contributed by atoms with Gasteiger partial charge in [0, 0.05) is 0 Å². The summed E-state index contributed by atoms with van der Waals surface area (Å²) in [5, 5.41) is 77.1. The molecule has 11 heteroatoms. The average Bonchev–Trinajstić information content (AvgIpc) is 2.54. The molecule has 0 aromatic carbocycles. The van der Waals surface area contributed by atoms with E-state index in [2.05, 4.69) is 0 Å². The van der Waals surface area contributed by atoms with Gasteiger partial charge in [0.05, 0.1) is 12.6 Å². The predicted molar refractivity (Wildman–Crippen MR) is 70.6 cm³/mol. The molecule has 23 heavy (non-hydrogen) atoms. The molecule has 0 aromatic heterocycles. The fraction of sp³-hybridized carbons (Fsp3) is 1.00. The highest BCUT2D eigenvalue weighted by Crippen LogP contribution is 2.28. The number of ether oxygens (including phenoxy) is 2. The molecule has 1 saturated heterocycles. The van der Waals surface area contributed by atoms with Crippen molar-refractivity contribution < 1.29 is 50.3 Å². The minimum absolute atomic E-state index is 0.648. The van der Waals surface area contributed by atoms with E-state index >= 15 is 0 Å². The van der Waals surface area contributed by atoms with Crippen molar-refractivity contribution in [2.45, 2.75) is 67.3 Å². The van der Waals surface area contributed by atoms with Gasteiger partial charge in [-0.15, -0.1) is 0 Å². The lowest BCUT2D eigenvalue weighted by Gasteiger charge is -2.46. The van der Waals surface area contributed by atoms with Crippen LogP contribution >= 0.6 is 0 Å². The zero-order valence-electron chi connectivity index (χ0n) is 12.0. The third-order valence-electron chi connectivity index (χ3n) is 4.29. The molecule has 0 aromatic rings. The molecule has 0 amide bonds. The van der Waals surface area contributed by atoms with Gasteiger partial charge in [0.15, 0.2) is 6.29 Å². The molecule has 10 N–H and O–H groups in total. The van der Waals surface area contributed by atoms with Gasteiger partial charge in [0.1, 0.15) is 54.9 Å². The van der Waals surface area contributed by atoms with Gasteiger partial charge in [0.2, 0.25) is 0 Å². The normalized spacial score (nSPS) is 54.9. The Kier molecular flexibility index (Phi) is 5.92. The Hall–Kier alpha value is -0.440. The van der Waals surface area contributed by atoms with Crippen LogP contribution in [-0.4, -0.2) is 115 Å². The van der Waals surface area contributed by atoms with Gasteiger partial charge in [0.25, 0.3) is 0 Å². The summed E-state index contributed by atoms with van der Waals surface area (Å²) in [6, 6.07) is -1.28. The monoisotopic (exact) mass is 341 g/mol. The lowest BCUT2D eigenvalue weighted by molar-refractivity contribution is -0.316. The van der Waals surface area contributed by atoms with Crippen LogP contribution in [0, 0.1) is 0 Å². The second kappa shape index (κ2) is 7.21. The topological polar surface area (TPSA) is 206 Å². The third-order valence-corrected chi connectivity index (χ3v) is 4.29. The summed E-state index contributed by atoms with van der Waals surface area (Å²) in [4.78, 5) is 0. The number of aliphatic hydroxyl groups excluding tert-OH is 8. The Morgan fingerprint density at radius 3 is 1.70 bits per heavy atom. The van der Waals surface area contributed by atoms with Gasteiger partial charge in [-0.2, -0.15) is 0 Å². The Bertz CT molecular complexity index is 382. The largest absolute Gasteiger partial charge is 0.394 e. The van der Waals surface area contributed by atoms with Gasteiger partial charge >= 0.3 is 0 Å². The fourth-order valence-corrected chi connectivity index (χ4v) is 2.74. The van der Waals surface area contributed by atoms with Crippen LogP contribution in [-0.2, 0) is 9.47 Å². The van der Waals surface area contributed by atoms with Crippen molar-refractivity contribution in [2.75, 3.05) is 6.61 Å². The van der Waals surface area contributed by atoms with E-state index in [1.165, 1.54) is 0 Å². The SMILES string of the molecule is N[C@H]1[C@@H](OC2[C@@H](O)[C@H](O)C(O)[C@@H](O)[C@@H]2O)O[C@H](CO)[C@H](O)[C@@H]1O. The van der Waals surface area contributed by atoms with Gasteiger partial charge in [-0.3, -0.25) is 0 Å². The summed E-state index contributed by atoms with van der Waals surface area (Å²) in [7, 11) is 0. The molecule has 1 aliphatic carbocycles. The van der Waals surface area contributed by atoms with E-state index < -0.39 is 73.9 Å². The van der Waals surface area contributed by atoms with E-state index in [1.54, 1.807) is 0 Å². The number of nitrogens with two attached hydrogens (primary N) is 1. The highest BCUT2D eigenvalue weighted by atomic mass is 16.7. The molecule has 2 rings (SSSR count). The van der Waals surface area contributed by atoms with E-state index in [-0.39, 0.29) is 0 Å². The third kappa shape index (κ3) is 3.36. The van der Waals surface area contributed by atoms with E-state index in [0.29, 0.717) is 0 Å². The summed E-state index contributed by atoms with van der Waals surface area (Å²) in [6.45, 7) is -0.648. The number of hydrogen-bond acceptors (Lipinski definition) is 11. The molecule has 136 valence electrons. The fourth-order valence-electron chi connectivity index (χ4n) is 2.74. The molecule has 2 fully saturated rings. The molecule has 0 radical (unpaired) electrons. The highest BCUT2D eigenvalue weighted by Gasteiger charge is 2.52. The minimum atomic E-state index is -1.79. The maximum atomic E-state index is 9.89. The summed E-state index contributed by atoms with van der Waals surface area (Å²) in [5.41, 5.74) is 5.66. The van der Waals surface area contributed by atoms with Gasteiger partial charge in [-0.25, -0.2) is 0 Å². The van der Waals surface area contributed by atoms with Crippen LogP contribution in [0.4, 0.5) is 0 Å². The number of rotatable bonds is 3. The Morgan fingerprint density at radius 2 is 1.22 bits per heavy atom. The molecule has 1 saturated carbocycles. The summed E-state index contributed by atoms with van der Waals surface area (Å²) in [5.74, 6) is 0. The highest BCUT2D eigenvalue weighted by molar-refractivity contribution is 5.00. The first-order valence-corrected chi connectivity index (χ1v) is 7.14. The standard InChI is InChI=1S/C12H23NO10/c13-3-5(16)4(15)2(1-14)22-12(3)23-11-9(20)7(18)6(17)8(19)10(11)21/h2-12,14-21H,1,13H2/t2-,3-,4+,5-,6?,7-,8-,9+,10+,11?,12-/m1/s1. The van der Waals surface area contributed by atoms with Crippen molar-refractivity contribution in [3.63, 3.8) is 0 Å². The smallest absolute Gasteiger partial charge is 0.176 e. The van der Waals surface area contributed by atoms with Crippen LogP contribution in [0.3, 0.4) is 0 Å². The van der Waals surface area contributed by atoms with E-state index in [4.69, 9.17) is 20.3 Å². The lowest BCUT2D eigenvalue weighted by Crippen LogP contribution is -2.68. The predicted octanol–water partition coefficient (Wildman–Crippen LogP) is -6.04. The molecular formula is C12H23NO10. The van der Waals surface area contributed by atoms with Crippen LogP contribution in [0.2, 0.25) is 0 Å². The van der Waals surface area contributed by atoms with Crippen molar-refractivity contribution >= 4 is 0 Å². The first-order valence-electron chi connectivity index (χ1n) is 7.14. The van der Waals surface area contributed by atoms with Crippen molar-refractivity contribution in [3.8, 4) is 0 Å². The van der Waals surface area contributed by atoms with Crippen molar-refractivity contribution in [1.82, 2.24) is 0 Å². The molecule has 1 heterocycles. The van der Waals surface area contributed by atoms with Gasteiger partial charge in [-0.05, 0) is 0 Å².